The van der Waals surface area contributed by atoms with Gasteiger partial charge in [0.25, 0.3) is 0 Å². The van der Waals surface area contributed by atoms with Gasteiger partial charge in [-0.1, -0.05) is 15.9 Å². The van der Waals surface area contributed by atoms with E-state index in [1.165, 1.54) is 22.0 Å². The second-order valence-corrected chi connectivity index (χ2v) is 6.56. The lowest BCUT2D eigenvalue weighted by molar-refractivity contribution is 0.101. The molecule has 1 aromatic carbocycles. The summed E-state index contributed by atoms with van der Waals surface area (Å²) < 4.78 is 7.97. The Morgan fingerprint density at radius 2 is 2.35 bits per heavy atom. The van der Waals surface area contributed by atoms with Crippen molar-refractivity contribution in [3.8, 4) is 0 Å². The first-order valence-corrected chi connectivity index (χ1v) is 7.86. The van der Waals surface area contributed by atoms with Crippen LogP contribution in [0, 0.1) is 3.57 Å². The molecule has 0 aliphatic carbocycles. The first-order valence-electron chi connectivity index (χ1n) is 5.99. The molecule has 17 heavy (non-hydrogen) atoms. The predicted octanol–water partition coefficient (Wildman–Crippen LogP) is 4.01. The second-order valence-electron chi connectivity index (χ2n) is 4.48. The monoisotopic (exact) mass is 409 g/mol. The van der Waals surface area contributed by atoms with Gasteiger partial charge in [-0.2, -0.15) is 0 Å². The fraction of sp³-hybridized carbons (Fsp3) is 0.538. The Balaban J connectivity index is 1.93. The van der Waals surface area contributed by atoms with Gasteiger partial charge in [0.05, 0.1) is 6.10 Å². The molecule has 0 amide bonds. The molecule has 1 aliphatic rings. The minimum atomic E-state index is 0.114. The summed E-state index contributed by atoms with van der Waals surface area (Å²) in [6.45, 7) is 0.925. The molecule has 4 heteroatoms. The van der Waals surface area contributed by atoms with Crippen molar-refractivity contribution in [3.63, 3.8) is 0 Å². The van der Waals surface area contributed by atoms with E-state index in [2.05, 4.69) is 56.7 Å². The van der Waals surface area contributed by atoms with E-state index in [1.807, 2.05) is 0 Å². The lowest BCUT2D eigenvalue weighted by Gasteiger charge is -2.16. The van der Waals surface area contributed by atoms with Crippen LogP contribution in [0.5, 0.6) is 0 Å². The van der Waals surface area contributed by atoms with E-state index in [9.17, 15) is 0 Å². The highest BCUT2D eigenvalue weighted by molar-refractivity contribution is 14.1. The molecule has 1 aliphatic heterocycles. The zero-order valence-corrected chi connectivity index (χ0v) is 13.4. The Morgan fingerprint density at radius 1 is 1.53 bits per heavy atom. The van der Waals surface area contributed by atoms with E-state index in [-0.39, 0.29) is 6.04 Å². The van der Waals surface area contributed by atoms with Gasteiger partial charge < -0.3 is 10.5 Å². The molecule has 2 rings (SSSR count). The Hall–Kier alpha value is 0.350. The van der Waals surface area contributed by atoms with E-state index in [0.29, 0.717) is 6.10 Å². The number of hydrogen-bond donors (Lipinski definition) is 1. The number of benzene rings is 1. The van der Waals surface area contributed by atoms with Gasteiger partial charge in [-0.3, -0.25) is 0 Å². The Kier molecular flexibility index (Phi) is 5.26. The van der Waals surface area contributed by atoms with Gasteiger partial charge in [-0.05, 0) is 72.0 Å². The molecule has 1 saturated heterocycles. The molecule has 0 bridgehead atoms. The first kappa shape index (κ1) is 13.8. The van der Waals surface area contributed by atoms with Crippen molar-refractivity contribution < 1.29 is 4.74 Å². The van der Waals surface area contributed by atoms with Crippen molar-refractivity contribution in [2.75, 3.05) is 6.61 Å². The van der Waals surface area contributed by atoms with E-state index in [0.717, 1.165) is 23.9 Å². The molecule has 0 spiro atoms. The molecule has 0 radical (unpaired) electrons. The third-order valence-corrected chi connectivity index (χ3v) is 4.66. The standard InChI is InChI=1S/C13H17BrINO/c14-9-3-5-12(15)11(8-9)13(16)6-4-10-2-1-7-17-10/h3,5,8,10,13H,1-2,4,6-7,16H2. The topological polar surface area (TPSA) is 35.2 Å². The van der Waals surface area contributed by atoms with E-state index in [4.69, 9.17) is 10.5 Å². The highest BCUT2D eigenvalue weighted by Gasteiger charge is 2.18. The number of hydrogen-bond acceptors (Lipinski definition) is 2. The third-order valence-electron chi connectivity index (χ3n) is 3.18. The highest BCUT2D eigenvalue weighted by atomic mass is 127. The van der Waals surface area contributed by atoms with Gasteiger partial charge in [0.2, 0.25) is 0 Å². The summed E-state index contributed by atoms with van der Waals surface area (Å²) in [4.78, 5) is 0. The maximum atomic E-state index is 6.26. The molecule has 2 unspecified atom stereocenters. The highest BCUT2D eigenvalue weighted by Crippen LogP contribution is 2.27. The van der Waals surface area contributed by atoms with Crippen LogP contribution in [0.25, 0.3) is 0 Å². The van der Waals surface area contributed by atoms with Gasteiger partial charge in [-0.25, -0.2) is 0 Å². The van der Waals surface area contributed by atoms with Gasteiger partial charge in [0.15, 0.2) is 0 Å². The fourth-order valence-electron chi connectivity index (χ4n) is 2.19. The van der Waals surface area contributed by atoms with Crippen LogP contribution in [0.2, 0.25) is 0 Å². The summed E-state index contributed by atoms with van der Waals surface area (Å²) in [5.41, 5.74) is 7.50. The molecule has 1 fully saturated rings. The Bertz CT molecular complexity index is 380. The Labute approximate surface area is 125 Å². The van der Waals surface area contributed by atoms with Crippen LogP contribution in [0.15, 0.2) is 22.7 Å². The van der Waals surface area contributed by atoms with Crippen LogP contribution in [0.3, 0.4) is 0 Å². The lowest BCUT2D eigenvalue weighted by atomic mass is 10.0. The number of nitrogens with two attached hydrogens (primary N) is 1. The number of ether oxygens (including phenoxy) is 1. The molecule has 0 aromatic heterocycles. The average Bonchev–Trinajstić information content (AvgIpc) is 2.82. The first-order chi connectivity index (χ1) is 8.16. The summed E-state index contributed by atoms with van der Waals surface area (Å²) in [6, 6.07) is 6.40. The lowest BCUT2D eigenvalue weighted by Crippen LogP contribution is -2.15. The maximum Gasteiger partial charge on any atom is 0.0576 e. The van der Waals surface area contributed by atoms with Crippen molar-refractivity contribution in [2.24, 2.45) is 5.73 Å². The van der Waals surface area contributed by atoms with E-state index in [1.54, 1.807) is 0 Å². The van der Waals surface area contributed by atoms with Gasteiger partial charge in [0.1, 0.15) is 0 Å². The van der Waals surface area contributed by atoms with E-state index < -0.39 is 0 Å². The molecule has 1 heterocycles. The summed E-state index contributed by atoms with van der Waals surface area (Å²) in [5.74, 6) is 0. The van der Waals surface area contributed by atoms with Gasteiger partial charge >= 0.3 is 0 Å². The summed E-state index contributed by atoms with van der Waals surface area (Å²) >= 11 is 5.85. The van der Waals surface area contributed by atoms with Crippen LogP contribution < -0.4 is 5.73 Å². The molecule has 2 nitrogen and oxygen atoms in total. The van der Waals surface area contributed by atoms with Crippen molar-refractivity contribution in [2.45, 2.75) is 37.8 Å². The zero-order chi connectivity index (χ0) is 12.3. The summed E-state index contributed by atoms with van der Waals surface area (Å²) in [6.07, 6.45) is 4.91. The fourth-order valence-corrected chi connectivity index (χ4v) is 3.31. The van der Waals surface area contributed by atoms with Crippen LogP contribution in [-0.4, -0.2) is 12.7 Å². The number of halogens is 2. The van der Waals surface area contributed by atoms with E-state index >= 15 is 0 Å². The van der Waals surface area contributed by atoms with Crippen molar-refractivity contribution in [1.82, 2.24) is 0 Å². The van der Waals surface area contributed by atoms with Crippen LogP contribution in [-0.2, 0) is 4.74 Å². The minimum Gasteiger partial charge on any atom is -0.378 e. The van der Waals surface area contributed by atoms with Gasteiger partial charge in [0, 0.05) is 20.7 Å². The average molecular weight is 410 g/mol. The third kappa shape index (κ3) is 3.91. The largest absolute Gasteiger partial charge is 0.378 e. The van der Waals surface area contributed by atoms with Crippen molar-refractivity contribution in [3.05, 3.63) is 31.8 Å². The Morgan fingerprint density at radius 3 is 3.06 bits per heavy atom. The molecular weight excluding hydrogens is 393 g/mol. The van der Waals surface area contributed by atoms with Gasteiger partial charge in [-0.15, -0.1) is 0 Å². The number of rotatable bonds is 4. The quantitative estimate of drug-likeness (QED) is 0.762. The molecule has 0 saturated carbocycles. The minimum absolute atomic E-state index is 0.114. The van der Waals surface area contributed by atoms with Crippen molar-refractivity contribution >= 4 is 38.5 Å². The molecule has 2 N–H and O–H groups in total. The predicted molar refractivity (Wildman–Crippen MR) is 82.0 cm³/mol. The zero-order valence-electron chi connectivity index (χ0n) is 9.66. The van der Waals surface area contributed by atoms with Crippen LogP contribution in [0.1, 0.15) is 37.3 Å². The second kappa shape index (κ2) is 6.50. The summed E-state index contributed by atoms with van der Waals surface area (Å²) in [5, 5.41) is 0. The molecule has 1 aromatic rings. The molecular formula is C13H17BrINO. The molecule has 2 atom stereocenters. The SMILES string of the molecule is NC(CCC1CCCO1)c1cc(Br)ccc1I. The van der Waals surface area contributed by atoms with Crippen LogP contribution in [0.4, 0.5) is 0 Å². The maximum absolute atomic E-state index is 6.26. The summed E-state index contributed by atoms with van der Waals surface area (Å²) in [7, 11) is 0. The van der Waals surface area contributed by atoms with Crippen LogP contribution >= 0.6 is 38.5 Å². The molecule has 94 valence electrons. The van der Waals surface area contributed by atoms with Crippen molar-refractivity contribution in [1.29, 1.82) is 0 Å². The smallest absolute Gasteiger partial charge is 0.0576 e. The normalized spacial score (nSPS) is 21.7.